The molecule has 0 bridgehead atoms. The minimum atomic E-state index is -0.128. The SMILES string of the molecule is CC(=O)O[C@@H]1CC[C@@]2(C)C(=CC[C@H]3[C@@H]4CC[C@@H]([C@H](C)CC=C(c5ccccc5)c5ccccc5)[C@@]4(C)CC[C@@H]32)C1. The number of esters is 1. The lowest BCUT2D eigenvalue weighted by Crippen LogP contribution is -2.51. The summed E-state index contributed by atoms with van der Waals surface area (Å²) in [4.78, 5) is 11.6. The molecule has 0 aliphatic heterocycles. The third-order valence-corrected chi connectivity index (χ3v) is 12.0. The van der Waals surface area contributed by atoms with Crippen LogP contribution in [0.5, 0.6) is 0 Å². The molecule has 3 fully saturated rings. The second kappa shape index (κ2) is 11.0. The first-order valence-corrected chi connectivity index (χ1v) is 16.0. The molecule has 0 aromatic heterocycles. The van der Waals surface area contributed by atoms with Crippen LogP contribution in [0.2, 0.25) is 0 Å². The van der Waals surface area contributed by atoms with Crippen LogP contribution in [-0.4, -0.2) is 12.1 Å². The molecule has 3 saturated carbocycles. The Morgan fingerprint density at radius 3 is 2.25 bits per heavy atom. The molecular formula is C38H48O2. The van der Waals surface area contributed by atoms with E-state index in [1.807, 2.05) is 0 Å². The van der Waals surface area contributed by atoms with Gasteiger partial charge in [-0.25, -0.2) is 0 Å². The van der Waals surface area contributed by atoms with Crippen LogP contribution in [0.4, 0.5) is 0 Å². The van der Waals surface area contributed by atoms with E-state index in [4.69, 9.17) is 4.74 Å². The molecular weight excluding hydrogens is 488 g/mol. The maximum atomic E-state index is 11.6. The van der Waals surface area contributed by atoms with Gasteiger partial charge in [-0.15, -0.1) is 0 Å². The van der Waals surface area contributed by atoms with Gasteiger partial charge in [0.05, 0.1) is 0 Å². The predicted octanol–water partition coefficient (Wildman–Crippen LogP) is 9.66. The van der Waals surface area contributed by atoms with E-state index < -0.39 is 0 Å². The lowest BCUT2D eigenvalue weighted by molar-refractivity contribution is -0.148. The zero-order valence-electron chi connectivity index (χ0n) is 25.1. The smallest absolute Gasteiger partial charge is 0.302 e. The van der Waals surface area contributed by atoms with Gasteiger partial charge in [0.2, 0.25) is 0 Å². The van der Waals surface area contributed by atoms with E-state index in [0.717, 1.165) is 42.9 Å². The van der Waals surface area contributed by atoms with Gasteiger partial charge < -0.3 is 4.74 Å². The summed E-state index contributed by atoms with van der Waals surface area (Å²) < 4.78 is 5.66. The van der Waals surface area contributed by atoms with Crippen molar-refractivity contribution in [3.05, 3.63) is 89.5 Å². The number of fused-ring (bicyclic) bond motifs is 5. The van der Waals surface area contributed by atoms with Crippen LogP contribution < -0.4 is 0 Å². The van der Waals surface area contributed by atoms with Crippen molar-refractivity contribution in [2.24, 2.45) is 40.4 Å². The highest BCUT2D eigenvalue weighted by molar-refractivity contribution is 5.79. The largest absolute Gasteiger partial charge is 0.462 e. The van der Waals surface area contributed by atoms with Crippen molar-refractivity contribution in [1.82, 2.24) is 0 Å². The average Bonchev–Trinajstić information content (AvgIpc) is 3.31. The quantitative estimate of drug-likeness (QED) is 0.271. The van der Waals surface area contributed by atoms with E-state index in [1.165, 1.54) is 55.2 Å². The highest BCUT2D eigenvalue weighted by Gasteiger charge is 2.59. The van der Waals surface area contributed by atoms with Gasteiger partial charge >= 0.3 is 5.97 Å². The Morgan fingerprint density at radius 1 is 0.925 bits per heavy atom. The number of rotatable bonds is 6. The van der Waals surface area contributed by atoms with Crippen molar-refractivity contribution in [2.75, 3.05) is 0 Å². The molecule has 0 spiro atoms. The number of hydrogen-bond donors (Lipinski definition) is 0. The van der Waals surface area contributed by atoms with Gasteiger partial charge in [-0.1, -0.05) is 99.2 Å². The molecule has 212 valence electrons. The molecule has 0 unspecified atom stereocenters. The Morgan fingerprint density at radius 2 is 1.60 bits per heavy atom. The van der Waals surface area contributed by atoms with Gasteiger partial charge in [-0.2, -0.15) is 0 Å². The van der Waals surface area contributed by atoms with Gasteiger partial charge in [0.1, 0.15) is 6.10 Å². The van der Waals surface area contributed by atoms with Crippen molar-refractivity contribution in [2.45, 2.75) is 91.6 Å². The number of hydrogen-bond acceptors (Lipinski definition) is 2. The van der Waals surface area contributed by atoms with Gasteiger partial charge in [-0.3, -0.25) is 4.79 Å². The van der Waals surface area contributed by atoms with E-state index >= 15 is 0 Å². The predicted molar refractivity (Wildman–Crippen MR) is 164 cm³/mol. The summed E-state index contributed by atoms with van der Waals surface area (Å²) in [5.41, 5.74) is 6.35. The van der Waals surface area contributed by atoms with Crippen LogP contribution in [0.25, 0.3) is 5.57 Å². The van der Waals surface area contributed by atoms with Crippen molar-refractivity contribution in [1.29, 1.82) is 0 Å². The number of allylic oxidation sites excluding steroid dienone is 2. The first-order valence-electron chi connectivity index (χ1n) is 16.0. The molecule has 40 heavy (non-hydrogen) atoms. The van der Waals surface area contributed by atoms with Crippen LogP contribution in [0, 0.1) is 40.4 Å². The first kappa shape index (κ1) is 27.6. The molecule has 8 atom stereocenters. The summed E-state index contributed by atoms with van der Waals surface area (Å²) in [7, 11) is 0. The molecule has 4 aliphatic carbocycles. The summed E-state index contributed by atoms with van der Waals surface area (Å²) >= 11 is 0. The topological polar surface area (TPSA) is 26.3 Å². The summed E-state index contributed by atoms with van der Waals surface area (Å²) in [6, 6.07) is 21.9. The number of carbonyl (C=O) groups is 1. The molecule has 4 aliphatic rings. The second-order valence-corrected chi connectivity index (χ2v) is 14.0. The fourth-order valence-corrected chi connectivity index (χ4v) is 10.0. The Balaban J connectivity index is 1.20. The zero-order chi connectivity index (χ0) is 27.9. The maximum Gasteiger partial charge on any atom is 0.302 e. The third kappa shape index (κ3) is 4.90. The molecule has 0 saturated heterocycles. The summed E-state index contributed by atoms with van der Waals surface area (Å²) in [6.45, 7) is 9.31. The summed E-state index contributed by atoms with van der Waals surface area (Å²) in [6.07, 6.45) is 16.3. The standard InChI is InChI=1S/C38H48O2/c1-26(15-17-32(28-11-7-5-8-12-28)29-13-9-6-10-14-29)34-19-20-35-33-18-16-30-25-31(40-27(2)39)21-23-37(30,3)36(33)22-24-38(34,35)4/h5-14,16-17,26,31,33-36H,15,18-25H2,1-4H3/t26-,31-,33+,34+,35+,36+,37+,38-/m1/s1. The van der Waals surface area contributed by atoms with Gasteiger partial charge in [-0.05, 0) is 108 Å². The zero-order valence-corrected chi connectivity index (χ0v) is 25.1. The lowest BCUT2D eigenvalue weighted by Gasteiger charge is -2.58. The van der Waals surface area contributed by atoms with E-state index in [-0.39, 0.29) is 12.1 Å². The number of carbonyl (C=O) groups excluding carboxylic acids is 1. The van der Waals surface area contributed by atoms with Crippen molar-refractivity contribution in [3.63, 3.8) is 0 Å². The molecule has 2 nitrogen and oxygen atoms in total. The van der Waals surface area contributed by atoms with Crippen LogP contribution in [0.3, 0.4) is 0 Å². The summed E-state index contributed by atoms with van der Waals surface area (Å²) in [5, 5.41) is 0. The Hall–Kier alpha value is -2.61. The molecule has 2 heteroatoms. The highest BCUT2D eigenvalue weighted by atomic mass is 16.5. The third-order valence-electron chi connectivity index (χ3n) is 12.0. The number of benzene rings is 2. The van der Waals surface area contributed by atoms with Crippen molar-refractivity contribution < 1.29 is 9.53 Å². The molecule has 2 aromatic carbocycles. The maximum absolute atomic E-state index is 11.6. The van der Waals surface area contributed by atoms with Gasteiger partial charge in [0.15, 0.2) is 0 Å². The van der Waals surface area contributed by atoms with E-state index in [9.17, 15) is 4.79 Å². The molecule has 0 amide bonds. The molecule has 6 rings (SSSR count). The van der Waals surface area contributed by atoms with Crippen molar-refractivity contribution >= 4 is 11.5 Å². The normalized spacial score (nSPS) is 35.4. The molecule has 0 radical (unpaired) electrons. The average molecular weight is 537 g/mol. The van der Waals surface area contributed by atoms with Crippen LogP contribution in [0.15, 0.2) is 78.4 Å². The van der Waals surface area contributed by atoms with Crippen LogP contribution >= 0.6 is 0 Å². The fourth-order valence-electron chi connectivity index (χ4n) is 10.0. The van der Waals surface area contributed by atoms with Gasteiger partial charge in [0, 0.05) is 13.3 Å². The van der Waals surface area contributed by atoms with E-state index in [0.29, 0.717) is 16.7 Å². The first-order chi connectivity index (χ1) is 19.3. The van der Waals surface area contributed by atoms with E-state index in [1.54, 1.807) is 12.5 Å². The summed E-state index contributed by atoms with van der Waals surface area (Å²) in [5.74, 6) is 3.79. The molecule has 0 N–H and O–H groups in total. The van der Waals surface area contributed by atoms with Gasteiger partial charge in [0.25, 0.3) is 0 Å². The highest BCUT2D eigenvalue weighted by Crippen LogP contribution is 2.67. The second-order valence-electron chi connectivity index (χ2n) is 14.0. The lowest BCUT2D eigenvalue weighted by atomic mass is 9.47. The minimum absolute atomic E-state index is 0.0867. The van der Waals surface area contributed by atoms with Crippen LogP contribution in [0.1, 0.15) is 96.6 Å². The Labute approximate surface area is 242 Å². The molecule has 2 aromatic rings. The van der Waals surface area contributed by atoms with Crippen LogP contribution in [-0.2, 0) is 9.53 Å². The molecule has 0 heterocycles. The Bertz CT molecular complexity index is 1220. The van der Waals surface area contributed by atoms with Crippen molar-refractivity contribution in [3.8, 4) is 0 Å². The van der Waals surface area contributed by atoms with E-state index in [2.05, 4.69) is 93.6 Å². The minimum Gasteiger partial charge on any atom is -0.462 e. The Kier molecular flexibility index (Phi) is 7.57. The number of ether oxygens (including phenoxy) is 1. The monoisotopic (exact) mass is 536 g/mol. The fraction of sp³-hybridized carbons (Fsp3) is 0.553.